The van der Waals surface area contributed by atoms with Gasteiger partial charge in [-0.1, -0.05) is 140 Å². The topological polar surface area (TPSA) is 8.17 Å². The van der Waals surface area contributed by atoms with E-state index in [9.17, 15) is 0 Å². The minimum Gasteiger partial charge on any atom is -0.310 e. The molecule has 0 atom stereocenters. The molecule has 0 saturated carbocycles. The molecule has 0 unspecified atom stereocenters. The van der Waals surface area contributed by atoms with E-state index in [1.54, 1.807) is 0 Å². The smallest absolute Gasteiger partial charge is 0.0562 e. The van der Waals surface area contributed by atoms with Crippen LogP contribution in [0.25, 0.3) is 70.9 Å². The summed E-state index contributed by atoms with van der Waals surface area (Å²) in [5.41, 5.74) is 8.90. The average Bonchev–Trinajstić information content (AvgIpc) is 3.52. The predicted octanol–water partition coefficient (Wildman–Crippen LogP) is 13.0. The first kappa shape index (κ1) is 28.2. The number of aromatic nitrogens is 1. The molecular weight excluding hydrogens is 605 g/mol. The maximum absolute atomic E-state index is 3.35. The SMILES string of the molecule is c1cccc(-c2ccccc2-n2c3ccccc3c3ccc(N(c4ccccc4)c4cccc5c6ccccc6c6ccccc6c45)cc32)c#1. The summed E-state index contributed by atoms with van der Waals surface area (Å²) in [6.07, 6.45) is 0. The average molecular weight is 635 g/mol. The minimum atomic E-state index is 1.02. The highest BCUT2D eigenvalue weighted by Gasteiger charge is 2.21. The summed E-state index contributed by atoms with van der Waals surface area (Å²) in [4.78, 5) is 2.43. The van der Waals surface area contributed by atoms with Crippen molar-refractivity contribution in [3.63, 3.8) is 0 Å². The van der Waals surface area contributed by atoms with Gasteiger partial charge in [-0.05, 0) is 81.5 Å². The van der Waals surface area contributed by atoms with Crippen molar-refractivity contribution in [1.82, 2.24) is 4.57 Å². The van der Waals surface area contributed by atoms with Gasteiger partial charge in [0, 0.05) is 38.7 Å². The number of anilines is 3. The standard InChI is InChI=1S/C48H30N2/c1-3-16-33(17-4-1)36-20-11-13-27-44(36)50-45-28-14-12-24-40(45)41-31-30-35(32-47(41)50)49(34-18-5-2-6-19-34)46-29-15-26-43-39-22-8-7-21-37(39)38-23-9-10-25-42(38)48(43)46/h1-3,5-16,18-32H. The molecule has 2 heteroatoms. The van der Waals surface area contributed by atoms with E-state index in [-0.39, 0.29) is 0 Å². The van der Waals surface area contributed by atoms with Crippen LogP contribution in [0.4, 0.5) is 17.1 Å². The molecule has 0 amide bonds. The first-order chi connectivity index (χ1) is 24.8. The minimum absolute atomic E-state index is 1.02. The van der Waals surface area contributed by atoms with E-state index >= 15 is 0 Å². The van der Waals surface area contributed by atoms with Crippen molar-refractivity contribution in [3.8, 4) is 16.8 Å². The Morgan fingerprint density at radius 1 is 0.420 bits per heavy atom. The summed E-state index contributed by atoms with van der Waals surface area (Å²) in [6.45, 7) is 0. The highest BCUT2D eigenvalue weighted by atomic mass is 15.1. The molecule has 0 N–H and O–H groups in total. The first-order valence-corrected chi connectivity index (χ1v) is 17.0. The second-order valence-electron chi connectivity index (χ2n) is 12.7. The van der Waals surface area contributed by atoms with Gasteiger partial charge in [-0.3, -0.25) is 0 Å². The number of hydrogen-bond acceptors (Lipinski definition) is 1. The van der Waals surface area contributed by atoms with Crippen LogP contribution >= 0.6 is 0 Å². The Morgan fingerprint density at radius 2 is 1.04 bits per heavy atom. The number of benzene rings is 8. The van der Waals surface area contributed by atoms with Gasteiger partial charge in [0.1, 0.15) is 0 Å². The van der Waals surface area contributed by atoms with Crippen molar-refractivity contribution in [1.29, 1.82) is 0 Å². The Balaban J connectivity index is 1.30. The van der Waals surface area contributed by atoms with Crippen LogP contribution in [0.2, 0.25) is 0 Å². The zero-order valence-electron chi connectivity index (χ0n) is 27.2. The molecule has 0 spiro atoms. The highest BCUT2D eigenvalue weighted by molar-refractivity contribution is 6.28. The Morgan fingerprint density at radius 3 is 1.80 bits per heavy atom. The van der Waals surface area contributed by atoms with Gasteiger partial charge >= 0.3 is 0 Å². The van der Waals surface area contributed by atoms with Crippen LogP contribution in [0, 0.1) is 12.1 Å². The Bertz CT molecular complexity index is 2820. The fraction of sp³-hybridized carbons (Fsp3) is 0. The number of rotatable bonds is 5. The lowest BCUT2D eigenvalue weighted by molar-refractivity contribution is 1.18. The van der Waals surface area contributed by atoms with Crippen LogP contribution in [0.5, 0.6) is 0 Å². The van der Waals surface area contributed by atoms with Crippen molar-refractivity contribution >= 4 is 71.2 Å². The van der Waals surface area contributed by atoms with E-state index in [0.717, 1.165) is 39.4 Å². The summed E-state index contributed by atoms with van der Waals surface area (Å²) in [7, 11) is 0. The fourth-order valence-electron chi connectivity index (χ4n) is 7.89. The molecule has 0 radical (unpaired) electrons. The normalized spacial score (nSPS) is 11.4. The molecule has 1 heterocycles. The molecule has 0 aliphatic rings. The van der Waals surface area contributed by atoms with Gasteiger partial charge in [-0.2, -0.15) is 0 Å². The molecule has 10 rings (SSSR count). The quantitative estimate of drug-likeness (QED) is 0.171. The lowest BCUT2D eigenvalue weighted by atomic mass is 9.93. The van der Waals surface area contributed by atoms with Gasteiger partial charge in [-0.25, -0.2) is 0 Å². The van der Waals surface area contributed by atoms with Crippen molar-refractivity contribution in [2.75, 3.05) is 4.90 Å². The second-order valence-corrected chi connectivity index (χ2v) is 12.7. The fourth-order valence-corrected chi connectivity index (χ4v) is 7.89. The lowest BCUT2D eigenvalue weighted by Gasteiger charge is -2.28. The third-order valence-corrected chi connectivity index (χ3v) is 10.0. The van der Waals surface area contributed by atoms with Crippen molar-refractivity contribution < 1.29 is 0 Å². The Kier molecular flexibility index (Phi) is 6.44. The Hall–Kier alpha value is -6.82. The molecule has 0 aliphatic carbocycles. The molecule has 2 nitrogen and oxygen atoms in total. The monoisotopic (exact) mass is 634 g/mol. The van der Waals surface area contributed by atoms with E-state index in [0.29, 0.717) is 0 Å². The molecular formula is C48H30N2. The molecule has 1 aromatic heterocycles. The van der Waals surface area contributed by atoms with E-state index in [2.05, 4.69) is 191 Å². The van der Waals surface area contributed by atoms with Crippen LogP contribution in [0.15, 0.2) is 182 Å². The molecule has 0 bridgehead atoms. The summed E-state index contributed by atoms with van der Waals surface area (Å²) < 4.78 is 2.42. The first-order valence-electron chi connectivity index (χ1n) is 17.0. The van der Waals surface area contributed by atoms with E-state index < -0.39 is 0 Å². The van der Waals surface area contributed by atoms with Crippen LogP contribution < -0.4 is 4.90 Å². The van der Waals surface area contributed by atoms with Crippen LogP contribution in [-0.2, 0) is 0 Å². The molecule has 10 aromatic rings. The summed E-state index contributed by atoms with van der Waals surface area (Å²) >= 11 is 0. The number of para-hydroxylation sites is 3. The van der Waals surface area contributed by atoms with E-state index in [4.69, 9.17) is 0 Å². The molecule has 232 valence electrons. The van der Waals surface area contributed by atoms with Crippen molar-refractivity contribution in [3.05, 3.63) is 194 Å². The number of fused-ring (bicyclic) bond motifs is 9. The predicted molar refractivity (Wildman–Crippen MR) is 211 cm³/mol. The number of hydrogen-bond donors (Lipinski definition) is 0. The maximum atomic E-state index is 3.35. The highest BCUT2D eigenvalue weighted by Crippen LogP contribution is 2.46. The summed E-state index contributed by atoms with van der Waals surface area (Å²) in [6, 6.07) is 71.9. The summed E-state index contributed by atoms with van der Waals surface area (Å²) in [5, 5.41) is 9.97. The van der Waals surface area contributed by atoms with E-state index in [1.165, 1.54) is 48.6 Å². The van der Waals surface area contributed by atoms with Gasteiger partial charge < -0.3 is 9.47 Å². The van der Waals surface area contributed by atoms with Crippen LogP contribution in [0.1, 0.15) is 0 Å². The largest absolute Gasteiger partial charge is 0.310 e. The lowest BCUT2D eigenvalue weighted by Crippen LogP contribution is -2.11. The maximum Gasteiger partial charge on any atom is 0.0562 e. The zero-order valence-corrected chi connectivity index (χ0v) is 27.2. The van der Waals surface area contributed by atoms with Crippen molar-refractivity contribution in [2.45, 2.75) is 0 Å². The van der Waals surface area contributed by atoms with Crippen LogP contribution in [-0.4, -0.2) is 4.57 Å². The van der Waals surface area contributed by atoms with Gasteiger partial charge in [0.15, 0.2) is 0 Å². The molecule has 0 fully saturated rings. The van der Waals surface area contributed by atoms with E-state index in [1.807, 2.05) is 12.1 Å². The zero-order chi connectivity index (χ0) is 33.0. The molecule has 0 aliphatic heterocycles. The summed E-state index contributed by atoms with van der Waals surface area (Å²) in [5.74, 6) is 0. The van der Waals surface area contributed by atoms with Crippen LogP contribution in [0.3, 0.4) is 0 Å². The van der Waals surface area contributed by atoms with Gasteiger partial charge in [-0.15, -0.1) is 0 Å². The van der Waals surface area contributed by atoms with Gasteiger partial charge in [0.05, 0.1) is 22.4 Å². The molecule has 50 heavy (non-hydrogen) atoms. The third-order valence-electron chi connectivity index (χ3n) is 10.0. The number of nitrogens with zero attached hydrogens (tertiary/aromatic N) is 2. The van der Waals surface area contributed by atoms with Gasteiger partial charge in [0.25, 0.3) is 0 Å². The van der Waals surface area contributed by atoms with Gasteiger partial charge in [0.2, 0.25) is 0 Å². The second kappa shape index (κ2) is 11.4. The Labute approximate surface area is 290 Å². The third kappa shape index (κ3) is 4.31. The molecule has 9 aromatic carbocycles. The molecule has 0 saturated heterocycles. The van der Waals surface area contributed by atoms with Crippen molar-refractivity contribution in [2.24, 2.45) is 0 Å².